The Morgan fingerprint density at radius 1 is 0.412 bits per heavy atom. The Balaban J connectivity index is 0.000000175. The predicted octanol–water partition coefficient (Wildman–Crippen LogP) is 21.0. The van der Waals surface area contributed by atoms with Crippen LogP contribution in [0, 0.1) is 94.1 Å². The van der Waals surface area contributed by atoms with Gasteiger partial charge in [0.2, 0.25) is 5.91 Å². The summed E-state index contributed by atoms with van der Waals surface area (Å²) in [7, 11) is 5.65. The van der Waals surface area contributed by atoms with Gasteiger partial charge >= 0.3 is 0 Å². The Kier molecular flexibility index (Phi) is 36.5. The third-order valence-electron chi connectivity index (χ3n) is 29.2. The van der Waals surface area contributed by atoms with Crippen molar-refractivity contribution in [3.63, 3.8) is 0 Å². The minimum Gasteiger partial charge on any atom is -0.504 e. The van der Waals surface area contributed by atoms with Crippen LogP contribution in [-0.4, -0.2) is 135 Å². The molecule has 0 spiro atoms. The summed E-state index contributed by atoms with van der Waals surface area (Å²) in [4.78, 5) is 85.0. The van der Waals surface area contributed by atoms with Gasteiger partial charge in [-0.15, -0.1) is 32.9 Å². The Morgan fingerprint density at radius 3 is 0.963 bits per heavy atom. The van der Waals surface area contributed by atoms with E-state index < -0.39 is 51.4 Å². The molecule has 5 fully saturated rings. The molecule has 2 amide bonds. The summed E-state index contributed by atoms with van der Waals surface area (Å²) in [5.74, 6) is -2.86. The van der Waals surface area contributed by atoms with Crippen LogP contribution in [0.25, 0.3) is 0 Å². The minimum absolute atomic E-state index is 0. The number of phenols is 1. The number of nitrogens with two attached hydrogens (primary N) is 2. The van der Waals surface area contributed by atoms with E-state index in [1.807, 2.05) is 27.7 Å². The summed E-state index contributed by atoms with van der Waals surface area (Å²) >= 11 is 0. The maximum absolute atomic E-state index is 14.8. The highest BCUT2D eigenvalue weighted by molar-refractivity contribution is 5.98. The van der Waals surface area contributed by atoms with E-state index in [4.69, 9.17) is 54.1 Å². The molecule has 5 aromatic rings. The highest BCUT2D eigenvalue weighted by atomic mass is 19.1. The number of nitrogen functional groups attached to an aromatic ring is 1. The van der Waals surface area contributed by atoms with Crippen molar-refractivity contribution in [3.8, 4) is 28.7 Å². The third kappa shape index (κ3) is 23.0. The number of phenolic OH excluding ortho intramolecular Hbond substituents is 1. The van der Waals surface area contributed by atoms with Crippen LogP contribution in [0.15, 0.2) is 182 Å². The first-order chi connectivity index (χ1) is 64.3. The van der Waals surface area contributed by atoms with Gasteiger partial charge in [-0.2, -0.15) is 0 Å². The standard InChI is InChI=1S/C23H28FNO4.C22H26F2O2.C22H26FNO4.C21H26FNO3.C21H25FO4.CH4/c1-5-6-16-13-23(18(7-8-29-23)11-21(16)27)14(2)9-17-10-20(25-15(3)26)22(28-4)12-19(17)24;1-4-6-16-13-22(18(7-8-26-22)12-21(16)25)14(3)9-17-11-19(23)15(5-2)10-20(17)24;1-4-5-14-12-22(16(6-7-28-22)10-19(14)25)13(2)8-15-9-17(21(24)26)20(27-3)11-18(15)23;1-4-5-14-12-21(16(6-7-26-21)10-19(14)24)13(2)8-15-9-18(23)20(25-3)11-17(15)22;1-4-5-14-12-21(16(6-7-26-21)10-18(14)23)13(2)8-15-9-19(24)20(25-3)11-17(15)22;/h5,10-12,14,16H,1,6-9,13H2,2-4H3,(H,25,26);4,10-12,14,16H,1,5-9,13H2,2-3H3;4,9-11,13-14H,1,5-8,12H2,2-3H3,(H2,24,26);4,9-11,13-14H,1,5-8,12,23H2,2-3H3;4,9-11,13-14,24H,1,5-8,12H2,2-3H3;1H4/t14?,16-,23+;14?,16-,22+;13?,14-,22+;2*13?,14-,21+;/m00000./s1. The second-order valence-corrected chi connectivity index (χ2v) is 37.5. The van der Waals surface area contributed by atoms with Crippen molar-refractivity contribution in [2.45, 2.75) is 219 Å². The molecule has 0 radical (unpaired) electrons. The van der Waals surface area contributed by atoms with E-state index in [9.17, 15) is 65.0 Å². The number of aryl methyl sites for hydroxylation is 1. The number of methoxy groups -OCH3 is 4. The lowest BCUT2D eigenvalue weighted by atomic mass is 9.68. The maximum Gasteiger partial charge on any atom is 0.252 e. The van der Waals surface area contributed by atoms with Gasteiger partial charge in [0, 0.05) is 60.8 Å². The molecule has 5 aliphatic carbocycles. The van der Waals surface area contributed by atoms with Crippen LogP contribution in [0.3, 0.4) is 0 Å². The number of ether oxygens (including phenoxy) is 9. The van der Waals surface area contributed by atoms with E-state index in [1.54, 1.807) is 79.8 Å². The number of hydrogen-bond acceptors (Lipinski definition) is 18. The molecule has 5 aliphatic heterocycles. The number of ketones is 5. The molecule has 15 rings (SSSR count). The Labute approximate surface area is 796 Å². The normalized spacial score (nSPS) is 25.4. The molecule has 5 aromatic carbocycles. The van der Waals surface area contributed by atoms with Gasteiger partial charge in [0.1, 0.15) is 52.2 Å². The molecule has 5 saturated heterocycles. The summed E-state index contributed by atoms with van der Waals surface area (Å²) in [6.07, 6.45) is 29.5. The van der Waals surface area contributed by atoms with Crippen LogP contribution >= 0.6 is 0 Å². The maximum atomic E-state index is 14.8. The number of anilines is 2. The molecule has 0 bridgehead atoms. The van der Waals surface area contributed by atoms with E-state index >= 15 is 0 Å². The quantitative estimate of drug-likeness (QED) is 0.0177. The summed E-state index contributed by atoms with van der Waals surface area (Å²) in [5.41, 5.74) is 17.2. The molecule has 20 nitrogen and oxygen atoms in total. The fourth-order valence-corrected chi connectivity index (χ4v) is 22.0. The number of nitrogens with one attached hydrogen (secondary N) is 1. The zero-order valence-corrected chi connectivity index (χ0v) is 79.6. The largest absolute Gasteiger partial charge is 0.504 e. The molecule has 26 heteroatoms. The molecule has 136 heavy (non-hydrogen) atoms. The van der Waals surface area contributed by atoms with Crippen molar-refractivity contribution in [2.75, 3.05) is 72.5 Å². The lowest BCUT2D eigenvalue weighted by molar-refractivity contribution is -0.123. The molecule has 0 aromatic heterocycles. The number of amides is 2. The van der Waals surface area contributed by atoms with E-state index in [-0.39, 0.29) is 147 Å². The number of aromatic hydroxyl groups is 1. The number of primary amides is 1. The van der Waals surface area contributed by atoms with E-state index in [0.29, 0.717) is 193 Å². The van der Waals surface area contributed by atoms with Crippen molar-refractivity contribution in [3.05, 3.63) is 256 Å². The van der Waals surface area contributed by atoms with Gasteiger partial charge in [0.05, 0.1) is 106 Å². The Bertz CT molecular complexity index is 5220. The highest BCUT2D eigenvalue weighted by Gasteiger charge is 2.55. The van der Waals surface area contributed by atoms with Crippen molar-refractivity contribution >= 4 is 52.1 Å². The second-order valence-electron chi connectivity index (χ2n) is 37.5. The van der Waals surface area contributed by atoms with Gasteiger partial charge in [-0.1, -0.05) is 79.3 Å². The van der Waals surface area contributed by atoms with Crippen LogP contribution in [-0.2, 0) is 91.0 Å². The fourth-order valence-electron chi connectivity index (χ4n) is 22.0. The molecule has 10 aliphatic rings. The van der Waals surface area contributed by atoms with E-state index in [2.05, 4.69) is 45.1 Å². The summed E-state index contributed by atoms with van der Waals surface area (Å²) in [6, 6.07) is 13.7. The van der Waals surface area contributed by atoms with Gasteiger partial charge in [0.15, 0.2) is 40.4 Å². The fraction of sp³-hybridized carbons (Fsp3) is 0.482. The zero-order chi connectivity index (χ0) is 98.3. The smallest absolute Gasteiger partial charge is 0.252 e. The van der Waals surface area contributed by atoms with Crippen molar-refractivity contribution < 1.29 is 108 Å². The van der Waals surface area contributed by atoms with Crippen LogP contribution in [0.5, 0.6) is 28.7 Å². The number of carbonyl (C=O) groups excluding carboxylic acids is 7. The van der Waals surface area contributed by atoms with Crippen LogP contribution < -0.4 is 35.7 Å². The first-order valence-electron chi connectivity index (χ1n) is 46.8. The van der Waals surface area contributed by atoms with Crippen molar-refractivity contribution in [1.82, 2.24) is 0 Å². The molecular formula is C110H135F6N3O17. The number of allylic oxidation sites excluding steroid dienone is 10. The summed E-state index contributed by atoms with van der Waals surface area (Å²) in [5, 5.41) is 12.7. The topological polar surface area (TPSA) is 287 Å². The number of hydrogen-bond donors (Lipinski definition) is 4. The number of rotatable bonds is 32. The van der Waals surface area contributed by atoms with Crippen LogP contribution in [0.4, 0.5) is 37.7 Å². The molecule has 5 heterocycles. The average molecular weight is 1890 g/mol. The van der Waals surface area contributed by atoms with E-state index in [0.717, 1.165) is 53.5 Å². The summed E-state index contributed by atoms with van der Waals surface area (Å²) in [6.45, 7) is 34.9. The van der Waals surface area contributed by atoms with Gasteiger partial charge in [-0.3, -0.25) is 33.6 Å². The first kappa shape index (κ1) is 107. The number of benzene rings is 5. The molecule has 15 atom stereocenters. The van der Waals surface area contributed by atoms with Crippen molar-refractivity contribution in [1.29, 1.82) is 0 Å². The zero-order valence-electron chi connectivity index (χ0n) is 79.6. The molecule has 5 unspecified atom stereocenters. The Morgan fingerprint density at radius 2 is 0.669 bits per heavy atom. The highest BCUT2D eigenvalue weighted by Crippen LogP contribution is 2.54. The minimum atomic E-state index is -0.670. The lowest BCUT2D eigenvalue weighted by Gasteiger charge is -2.41. The summed E-state index contributed by atoms with van der Waals surface area (Å²) < 4.78 is 138. The monoisotopic (exact) mass is 1880 g/mol. The second kappa shape index (κ2) is 46.4. The SMILES string of the molecule is C.C=CC[C@H]1C[C@]2(C(C)Cc3cc(C(N)=O)c(OC)cc3F)OCCC2=CC1=O.C=CC[C@H]1C[C@]2(C(C)Cc3cc(F)c(CC)cc3F)OCCC2=CC1=O.C=CC[C@H]1C[C@]2(C(C)Cc3cc(N)c(OC)cc3F)OCCC2=CC1=O.C=CC[C@H]1C[C@]2(C(C)Cc3cc(NC(C)=O)c(OC)cc3F)OCCC2=CC1=O.C=CC[C@H]1C[C@]2(C(C)Cc3cc(O)c(OC)cc3F)OCCC2=CC1=O. The molecule has 734 valence electrons. The molecular weight excluding hydrogens is 1750 g/mol. The Hall–Kier alpha value is -11.0. The van der Waals surface area contributed by atoms with Crippen LogP contribution in [0.1, 0.15) is 196 Å². The lowest BCUT2D eigenvalue weighted by Crippen LogP contribution is -2.44. The number of halogens is 6. The molecule has 6 N–H and O–H groups in total. The predicted molar refractivity (Wildman–Crippen MR) is 514 cm³/mol. The third-order valence-corrected chi connectivity index (χ3v) is 29.2. The average Bonchev–Trinajstić information content (AvgIpc) is 1.61. The van der Waals surface area contributed by atoms with Gasteiger partial charge < -0.3 is 64.5 Å². The van der Waals surface area contributed by atoms with Crippen LogP contribution in [0.2, 0.25) is 0 Å². The molecule has 0 saturated carbocycles. The van der Waals surface area contributed by atoms with E-state index in [1.165, 1.54) is 83.9 Å². The van der Waals surface area contributed by atoms with Crippen molar-refractivity contribution in [2.24, 2.45) is 64.9 Å². The number of fused-ring (bicyclic) bond motifs is 5. The van der Waals surface area contributed by atoms with Gasteiger partial charge in [-0.25, -0.2) is 26.3 Å². The van der Waals surface area contributed by atoms with Gasteiger partial charge in [0.25, 0.3) is 5.91 Å². The van der Waals surface area contributed by atoms with Gasteiger partial charge in [-0.05, 0) is 292 Å². The first-order valence-corrected chi connectivity index (χ1v) is 46.8. The number of carbonyl (C=O) groups is 7.